The molecule has 0 atom stereocenters. The van der Waals surface area contributed by atoms with Crippen molar-refractivity contribution in [2.24, 2.45) is 0 Å². The first kappa shape index (κ1) is 22.3. The molecule has 1 saturated heterocycles. The zero-order valence-corrected chi connectivity index (χ0v) is 19.3. The highest BCUT2D eigenvalue weighted by Crippen LogP contribution is 2.21. The van der Waals surface area contributed by atoms with Crippen LogP contribution in [0.3, 0.4) is 0 Å². The van der Waals surface area contributed by atoms with Crippen LogP contribution in [-0.2, 0) is 17.8 Å². The Kier molecular flexibility index (Phi) is 6.39. The maximum absolute atomic E-state index is 12.7. The molecule has 0 amide bonds. The molecule has 1 fully saturated rings. The predicted octanol–water partition coefficient (Wildman–Crippen LogP) is -1.45. The molecule has 3 aromatic rings. The number of halogens is 2. The number of anilines is 1. The third-order valence-corrected chi connectivity index (χ3v) is 6.27. The van der Waals surface area contributed by atoms with Crippen molar-refractivity contribution < 1.29 is 4.74 Å². The van der Waals surface area contributed by atoms with E-state index in [0.717, 1.165) is 30.7 Å². The first-order valence-corrected chi connectivity index (χ1v) is 11.0. The number of nitrogens with zero attached hydrogens (tertiary/aromatic N) is 4. The molecule has 0 aliphatic carbocycles. The summed E-state index contributed by atoms with van der Waals surface area (Å²) in [5, 5.41) is 4.02. The van der Waals surface area contributed by atoms with Crippen LogP contribution in [0, 0.1) is 0 Å². The Bertz CT molecular complexity index is 1150. The molecule has 160 valence electrons. The number of hydrogen-bond acceptors (Lipinski definition) is 6. The second-order valence-corrected chi connectivity index (χ2v) is 9.26. The average molecular weight is 459 g/mol. The minimum absolute atomic E-state index is 0.151. The van der Waals surface area contributed by atoms with Crippen molar-refractivity contribution in [3.05, 3.63) is 44.4 Å². The van der Waals surface area contributed by atoms with Gasteiger partial charge >= 0.3 is 0 Å². The zero-order valence-electron chi connectivity index (χ0n) is 17.8. The highest BCUT2D eigenvalue weighted by molar-refractivity contribution is 6.50. The van der Waals surface area contributed by atoms with Gasteiger partial charge in [0.25, 0.3) is 5.56 Å². The van der Waals surface area contributed by atoms with Crippen molar-refractivity contribution in [1.29, 1.82) is 0 Å². The summed E-state index contributed by atoms with van der Waals surface area (Å²) in [5.74, 6) is 0.362. The van der Waals surface area contributed by atoms with Gasteiger partial charge in [-0.1, -0.05) is 34.7 Å². The third-order valence-electron chi connectivity index (χ3n) is 5.37. The van der Waals surface area contributed by atoms with Gasteiger partial charge in [-0.15, -0.1) is 0 Å². The van der Waals surface area contributed by atoms with Crippen LogP contribution in [0.4, 0.5) is 5.95 Å². The Balaban J connectivity index is 1.46. The summed E-state index contributed by atoms with van der Waals surface area (Å²) in [6, 6.07) is 3.74. The lowest BCUT2D eigenvalue weighted by Crippen LogP contribution is -2.53. The van der Waals surface area contributed by atoms with Crippen molar-refractivity contribution in [3.8, 4) is 0 Å². The van der Waals surface area contributed by atoms with Gasteiger partial charge in [0.05, 0.1) is 23.0 Å². The largest absolute Gasteiger partial charge is 0.390 e. The fourth-order valence-electron chi connectivity index (χ4n) is 3.88. The molecule has 2 N–H and O–H groups in total. The van der Waals surface area contributed by atoms with Crippen LogP contribution in [0.5, 0.6) is 0 Å². The van der Waals surface area contributed by atoms with Crippen molar-refractivity contribution >= 4 is 69.3 Å². The van der Waals surface area contributed by atoms with E-state index in [4.69, 9.17) is 27.9 Å². The van der Waals surface area contributed by atoms with E-state index in [-0.39, 0.29) is 11.0 Å². The van der Waals surface area contributed by atoms with Crippen molar-refractivity contribution in [2.75, 3.05) is 31.6 Å². The number of morpholine rings is 1. The molecule has 1 aliphatic rings. The first-order valence-electron chi connectivity index (χ1n) is 10.2. The highest BCUT2D eigenvalue weighted by atomic mass is 35.5. The van der Waals surface area contributed by atoms with Crippen LogP contribution in [0.2, 0.25) is 10.0 Å². The summed E-state index contributed by atoms with van der Waals surface area (Å²) < 4.78 is 7.62. The number of H-pyrrole nitrogens is 1. The van der Waals surface area contributed by atoms with E-state index < -0.39 is 0 Å². The normalized spacial score (nSPS) is 16.6. The van der Waals surface area contributed by atoms with Crippen molar-refractivity contribution in [3.63, 3.8) is 0 Å². The average Bonchev–Trinajstić information content (AvgIpc) is 3.11. The first-order chi connectivity index (χ1) is 14.7. The number of nitrogens with one attached hydrogen (secondary N) is 2. The van der Waals surface area contributed by atoms with Gasteiger partial charge in [0.15, 0.2) is 11.2 Å². The molecule has 0 unspecified atom stereocenters. The summed E-state index contributed by atoms with van der Waals surface area (Å²) in [4.78, 5) is 26.7. The molecule has 0 bridgehead atoms. The van der Waals surface area contributed by atoms with Gasteiger partial charge in [-0.05, 0) is 11.6 Å². The molecule has 2 aromatic heterocycles. The SMILES string of the molecule is Bc1cc(CNc2nc3ncn(CCN4CCOC(B)(B)C4)c3c(=O)[nH]2)cc(Cl)c1Cl. The molecule has 1 aromatic carbocycles. The molecule has 3 heterocycles. The maximum Gasteiger partial charge on any atom is 0.278 e. The molecule has 8 nitrogen and oxygen atoms in total. The molecule has 0 saturated carbocycles. The lowest BCUT2D eigenvalue weighted by atomic mass is 9.64. The van der Waals surface area contributed by atoms with E-state index in [2.05, 4.69) is 40.9 Å². The van der Waals surface area contributed by atoms with Crippen LogP contribution < -0.4 is 16.3 Å². The Labute approximate surface area is 192 Å². The lowest BCUT2D eigenvalue weighted by Gasteiger charge is -2.38. The predicted molar refractivity (Wildman–Crippen MR) is 132 cm³/mol. The van der Waals surface area contributed by atoms with E-state index in [0.29, 0.717) is 46.9 Å². The van der Waals surface area contributed by atoms with Gasteiger partial charge in [0.1, 0.15) is 23.5 Å². The summed E-state index contributed by atoms with van der Waals surface area (Å²) in [6.07, 6.45) is 1.67. The van der Waals surface area contributed by atoms with Gasteiger partial charge in [0.2, 0.25) is 5.95 Å². The molecular formula is C18H23B3Cl2N6O2. The minimum Gasteiger partial charge on any atom is -0.390 e. The van der Waals surface area contributed by atoms with Crippen LogP contribution in [-0.4, -0.2) is 79.6 Å². The summed E-state index contributed by atoms with van der Waals surface area (Å²) >= 11 is 12.3. The van der Waals surface area contributed by atoms with Crippen LogP contribution in [0.25, 0.3) is 11.2 Å². The number of benzene rings is 1. The van der Waals surface area contributed by atoms with Gasteiger partial charge in [-0.3, -0.25) is 14.7 Å². The molecule has 13 heteroatoms. The summed E-state index contributed by atoms with van der Waals surface area (Å²) in [6.45, 7) is 4.37. The second kappa shape index (κ2) is 8.90. The van der Waals surface area contributed by atoms with E-state index in [1.165, 1.54) is 0 Å². The van der Waals surface area contributed by atoms with Gasteiger partial charge in [-0.2, -0.15) is 4.98 Å². The quantitative estimate of drug-likeness (QED) is 0.440. The van der Waals surface area contributed by atoms with Crippen LogP contribution in [0.1, 0.15) is 5.56 Å². The second-order valence-electron chi connectivity index (χ2n) is 8.47. The number of fused-ring (bicyclic) bond motifs is 1. The number of aromatic nitrogens is 4. The third kappa shape index (κ3) is 5.11. The minimum atomic E-state index is -0.224. The van der Waals surface area contributed by atoms with Gasteiger partial charge in [0, 0.05) is 38.1 Å². The molecule has 0 radical (unpaired) electrons. The number of imidazole rings is 1. The molecule has 4 rings (SSSR count). The maximum atomic E-state index is 12.7. The van der Waals surface area contributed by atoms with E-state index in [1.54, 1.807) is 12.4 Å². The van der Waals surface area contributed by atoms with E-state index >= 15 is 0 Å². The zero-order chi connectivity index (χ0) is 22.2. The van der Waals surface area contributed by atoms with Crippen molar-refractivity contribution in [1.82, 2.24) is 24.4 Å². The lowest BCUT2D eigenvalue weighted by molar-refractivity contribution is -0.0115. The van der Waals surface area contributed by atoms with E-state index in [1.807, 2.05) is 18.5 Å². The van der Waals surface area contributed by atoms with Crippen molar-refractivity contribution in [2.45, 2.75) is 18.5 Å². The Morgan fingerprint density at radius 2 is 2.10 bits per heavy atom. The van der Waals surface area contributed by atoms with Gasteiger partial charge < -0.3 is 14.6 Å². The smallest absolute Gasteiger partial charge is 0.278 e. The fourth-order valence-corrected chi connectivity index (χ4v) is 4.28. The molecule has 0 spiro atoms. The van der Waals surface area contributed by atoms with Crippen LogP contribution >= 0.6 is 23.2 Å². The van der Waals surface area contributed by atoms with E-state index in [9.17, 15) is 4.79 Å². The molecular weight excluding hydrogens is 436 g/mol. The Morgan fingerprint density at radius 3 is 2.84 bits per heavy atom. The topological polar surface area (TPSA) is 88.1 Å². The number of rotatable bonds is 6. The Morgan fingerprint density at radius 1 is 1.29 bits per heavy atom. The number of hydrogen-bond donors (Lipinski definition) is 2. The molecule has 31 heavy (non-hydrogen) atoms. The summed E-state index contributed by atoms with van der Waals surface area (Å²) in [5.41, 5.74) is 2.50. The number of ether oxygens (including phenoxy) is 1. The monoisotopic (exact) mass is 458 g/mol. The van der Waals surface area contributed by atoms with Gasteiger partial charge in [-0.25, -0.2) is 4.98 Å². The summed E-state index contributed by atoms with van der Waals surface area (Å²) in [7, 11) is 6.08. The fraction of sp³-hybridized carbons (Fsp3) is 0.389. The Hall–Kier alpha value is -1.94. The highest BCUT2D eigenvalue weighted by Gasteiger charge is 2.26. The standard InChI is InChI=1S/C18H23B3Cl2N6O2/c19-11-5-10(6-12(22)13(11)23)7-24-17-26-15-14(16(30)27-17)29(9-25-15)2-1-28-3-4-31-18(20,21)8-28/h5-6,9H,1-4,7-8,19-21H2,(H2,24,26,27,30). The molecule has 1 aliphatic heterocycles. The number of aromatic amines is 1. The van der Waals surface area contributed by atoms with Crippen LogP contribution in [0.15, 0.2) is 23.3 Å².